The van der Waals surface area contributed by atoms with Crippen LogP contribution in [0, 0.1) is 5.41 Å². The maximum absolute atomic E-state index is 6.40. The van der Waals surface area contributed by atoms with Crippen molar-refractivity contribution in [1.29, 1.82) is 0 Å². The molecule has 2 bridgehead atoms. The van der Waals surface area contributed by atoms with E-state index in [0.29, 0.717) is 5.41 Å². The number of ether oxygens (including phenoxy) is 1. The molecule has 3 aliphatic rings. The number of hydrogen-bond acceptors (Lipinski definition) is 3. The Balaban J connectivity index is 1.69. The van der Waals surface area contributed by atoms with E-state index in [9.17, 15) is 0 Å². The second-order valence-corrected chi connectivity index (χ2v) is 6.80. The summed E-state index contributed by atoms with van der Waals surface area (Å²) in [6.07, 6.45) is 7.53. The number of hydrogen-bond donors (Lipinski definition) is 1. The average molecular weight is 252 g/mol. The highest BCUT2D eigenvalue weighted by molar-refractivity contribution is 5.03. The van der Waals surface area contributed by atoms with Crippen LogP contribution in [0.1, 0.15) is 52.4 Å². The first kappa shape index (κ1) is 12.9. The Morgan fingerprint density at radius 3 is 2.22 bits per heavy atom. The third-order valence-electron chi connectivity index (χ3n) is 6.06. The van der Waals surface area contributed by atoms with Gasteiger partial charge < -0.3 is 9.64 Å². The van der Waals surface area contributed by atoms with Crippen molar-refractivity contribution in [3.63, 3.8) is 0 Å². The monoisotopic (exact) mass is 252 g/mol. The Bertz CT molecular complexity index is 288. The van der Waals surface area contributed by atoms with Crippen LogP contribution in [0.3, 0.4) is 0 Å². The summed E-state index contributed by atoms with van der Waals surface area (Å²) in [6, 6.07) is 1.49. The molecule has 18 heavy (non-hydrogen) atoms. The molecule has 2 atom stereocenters. The van der Waals surface area contributed by atoms with Gasteiger partial charge in [0.05, 0.1) is 6.61 Å². The van der Waals surface area contributed by atoms with Crippen LogP contribution in [-0.2, 0) is 4.74 Å². The molecule has 3 heteroatoms. The summed E-state index contributed by atoms with van der Waals surface area (Å²) < 4.78 is 6.40. The number of rotatable bonds is 2. The zero-order valence-electron chi connectivity index (χ0n) is 12.2. The molecule has 3 saturated heterocycles. The average Bonchev–Trinajstić information content (AvgIpc) is 2.64. The van der Waals surface area contributed by atoms with Crippen molar-refractivity contribution in [2.75, 3.05) is 20.2 Å². The zero-order chi connectivity index (χ0) is 12.8. The second-order valence-electron chi connectivity index (χ2n) is 6.80. The van der Waals surface area contributed by atoms with Gasteiger partial charge in [-0.3, -0.25) is 5.32 Å². The summed E-state index contributed by atoms with van der Waals surface area (Å²) in [5, 5.41) is 3.80. The summed E-state index contributed by atoms with van der Waals surface area (Å²) in [7, 11) is 2.29. The van der Waals surface area contributed by atoms with Gasteiger partial charge in [0.25, 0.3) is 0 Å². The standard InChI is InChI=1S/C15H28N2O/c1-4-14(5-2)10-16-15(18-11-14)8-12-6-7-13(9-15)17(12)3/h12-13,16H,4-11H2,1-3H3. The topological polar surface area (TPSA) is 24.5 Å². The van der Waals surface area contributed by atoms with Gasteiger partial charge >= 0.3 is 0 Å². The first-order valence-corrected chi connectivity index (χ1v) is 7.73. The lowest BCUT2D eigenvalue weighted by Gasteiger charge is -2.52. The van der Waals surface area contributed by atoms with E-state index in [1.54, 1.807) is 0 Å². The maximum Gasteiger partial charge on any atom is 0.122 e. The third-order valence-corrected chi connectivity index (χ3v) is 6.06. The highest BCUT2D eigenvalue weighted by Crippen LogP contribution is 2.43. The van der Waals surface area contributed by atoms with Gasteiger partial charge in [0.2, 0.25) is 0 Å². The summed E-state index contributed by atoms with van der Waals surface area (Å²) in [6.45, 7) is 6.69. The molecule has 0 aromatic rings. The normalized spacial score (nSPS) is 43.5. The van der Waals surface area contributed by atoms with Crippen molar-refractivity contribution >= 4 is 0 Å². The summed E-state index contributed by atoms with van der Waals surface area (Å²) in [5.74, 6) is 0. The van der Waals surface area contributed by atoms with Crippen molar-refractivity contribution in [3.8, 4) is 0 Å². The second kappa shape index (κ2) is 4.46. The van der Waals surface area contributed by atoms with Gasteiger partial charge in [0.15, 0.2) is 0 Å². The Morgan fingerprint density at radius 2 is 1.78 bits per heavy atom. The predicted molar refractivity (Wildman–Crippen MR) is 73.5 cm³/mol. The van der Waals surface area contributed by atoms with Gasteiger partial charge in [-0.25, -0.2) is 0 Å². The fraction of sp³-hybridized carbons (Fsp3) is 1.00. The van der Waals surface area contributed by atoms with Crippen molar-refractivity contribution in [2.24, 2.45) is 5.41 Å². The van der Waals surface area contributed by atoms with Crippen molar-refractivity contribution in [3.05, 3.63) is 0 Å². The highest BCUT2D eigenvalue weighted by Gasteiger charge is 2.50. The fourth-order valence-electron chi connectivity index (χ4n) is 4.14. The first-order chi connectivity index (χ1) is 8.62. The van der Waals surface area contributed by atoms with Gasteiger partial charge in [-0.1, -0.05) is 13.8 Å². The summed E-state index contributed by atoms with van der Waals surface area (Å²) in [5.41, 5.74) is 0.389. The van der Waals surface area contributed by atoms with E-state index in [1.807, 2.05) is 0 Å². The van der Waals surface area contributed by atoms with E-state index >= 15 is 0 Å². The van der Waals surface area contributed by atoms with Gasteiger partial charge in [0, 0.05) is 36.9 Å². The molecule has 0 saturated carbocycles. The predicted octanol–water partition coefficient (Wildman–Crippen LogP) is 2.37. The number of piperidine rings is 1. The molecule has 0 radical (unpaired) electrons. The minimum Gasteiger partial charge on any atom is -0.360 e. The van der Waals surface area contributed by atoms with Crippen LogP contribution in [-0.4, -0.2) is 42.9 Å². The summed E-state index contributed by atoms with van der Waals surface area (Å²) >= 11 is 0. The third kappa shape index (κ3) is 1.91. The lowest BCUT2D eigenvalue weighted by atomic mass is 9.80. The molecule has 0 aliphatic carbocycles. The Morgan fingerprint density at radius 1 is 1.17 bits per heavy atom. The van der Waals surface area contributed by atoms with Crippen LogP contribution in [0.5, 0.6) is 0 Å². The lowest BCUT2D eigenvalue weighted by Crippen LogP contribution is -2.64. The van der Waals surface area contributed by atoms with E-state index in [1.165, 1.54) is 38.5 Å². The summed E-state index contributed by atoms with van der Waals surface area (Å²) in [4.78, 5) is 2.58. The molecule has 3 rings (SSSR count). The van der Waals surface area contributed by atoms with Crippen LogP contribution >= 0.6 is 0 Å². The smallest absolute Gasteiger partial charge is 0.122 e. The van der Waals surface area contributed by atoms with Crippen molar-refractivity contribution in [2.45, 2.75) is 70.2 Å². The molecule has 2 unspecified atom stereocenters. The maximum atomic E-state index is 6.40. The van der Waals surface area contributed by atoms with Gasteiger partial charge in [-0.15, -0.1) is 0 Å². The van der Waals surface area contributed by atoms with Crippen LogP contribution in [0.2, 0.25) is 0 Å². The molecule has 1 spiro atoms. The van der Waals surface area contributed by atoms with E-state index < -0.39 is 0 Å². The van der Waals surface area contributed by atoms with Gasteiger partial charge in [-0.05, 0) is 32.7 Å². The number of nitrogens with zero attached hydrogens (tertiary/aromatic N) is 1. The van der Waals surface area contributed by atoms with Gasteiger partial charge in [0.1, 0.15) is 5.72 Å². The molecule has 104 valence electrons. The lowest BCUT2D eigenvalue weighted by molar-refractivity contribution is -0.179. The number of nitrogens with one attached hydrogen (secondary N) is 1. The molecule has 0 aromatic carbocycles. The Hall–Kier alpha value is -0.120. The van der Waals surface area contributed by atoms with E-state index in [0.717, 1.165) is 25.2 Å². The van der Waals surface area contributed by atoms with Crippen LogP contribution in [0.4, 0.5) is 0 Å². The fourth-order valence-corrected chi connectivity index (χ4v) is 4.14. The molecule has 3 heterocycles. The van der Waals surface area contributed by atoms with E-state index in [2.05, 4.69) is 31.1 Å². The molecule has 3 nitrogen and oxygen atoms in total. The Labute approximate surface area is 111 Å². The van der Waals surface area contributed by atoms with E-state index in [-0.39, 0.29) is 5.72 Å². The van der Waals surface area contributed by atoms with Crippen LogP contribution in [0.25, 0.3) is 0 Å². The number of fused-ring (bicyclic) bond motifs is 2. The minimum absolute atomic E-state index is 0.00613. The molecule has 1 N–H and O–H groups in total. The molecule has 3 aliphatic heterocycles. The molecule has 0 amide bonds. The first-order valence-electron chi connectivity index (χ1n) is 7.73. The van der Waals surface area contributed by atoms with E-state index in [4.69, 9.17) is 4.74 Å². The molecule has 0 aromatic heterocycles. The molecular formula is C15H28N2O. The molecular weight excluding hydrogens is 224 g/mol. The van der Waals surface area contributed by atoms with Crippen LogP contribution < -0.4 is 5.32 Å². The van der Waals surface area contributed by atoms with Crippen molar-refractivity contribution < 1.29 is 4.74 Å². The van der Waals surface area contributed by atoms with Gasteiger partial charge in [-0.2, -0.15) is 0 Å². The molecule has 3 fully saturated rings. The van der Waals surface area contributed by atoms with Crippen molar-refractivity contribution in [1.82, 2.24) is 10.2 Å². The minimum atomic E-state index is 0.00613. The van der Waals surface area contributed by atoms with Crippen LogP contribution in [0.15, 0.2) is 0 Å². The zero-order valence-corrected chi connectivity index (χ0v) is 12.2. The quantitative estimate of drug-likeness (QED) is 0.816. The highest BCUT2D eigenvalue weighted by atomic mass is 16.5. The largest absolute Gasteiger partial charge is 0.360 e. The SMILES string of the molecule is CCC1(CC)CNC2(CC3CCC(C2)N3C)OC1. The Kier molecular flexibility index (Phi) is 3.20.